The molecule has 2 saturated heterocycles. The number of imidazole rings is 1. The molecular weight excluding hydrogens is 323 g/mol. The highest BCUT2D eigenvalue weighted by molar-refractivity contribution is 7.47. The largest absolute Gasteiger partial charge is 0.472 e. The van der Waals surface area contributed by atoms with Gasteiger partial charge in [-0.1, -0.05) is 0 Å². The van der Waals surface area contributed by atoms with Crippen LogP contribution in [-0.4, -0.2) is 44.5 Å². The van der Waals surface area contributed by atoms with Crippen molar-refractivity contribution < 1.29 is 28.3 Å². The summed E-state index contributed by atoms with van der Waals surface area (Å²) in [7, 11) is -4.12. The number of hydrogen-bond donors (Lipinski definition) is 2. The standard InChI is InChI=1S/C14H17N2O6P/c1-7-3-9-10(4-8(7)2)16(6-15-9)14-12(17)13-11(21-14)5-20-23(18,19)22-13/h3-4,6,11-14,17H,5H2,1-2H3,(H,18,19)/t11-,12-,13-,14-/m1/s1. The average molecular weight is 340 g/mol. The molecule has 0 aliphatic carbocycles. The summed E-state index contributed by atoms with van der Waals surface area (Å²) in [4.78, 5) is 13.8. The van der Waals surface area contributed by atoms with Gasteiger partial charge in [-0.25, -0.2) is 9.55 Å². The molecule has 2 aliphatic rings. The second-order valence-electron chi connectivity index (χ2n) is 5.97. The van der Waals surface area contributed by atoms with Crippen molar-refractivity contribution in [3.8, 4) is 0 Å². The fourth-order valence-electron chi connectivity index (χ4n) is 3.05. The molecule has 124 valence electrons. The Kier molecular flexibility index (Phi) is 3.39. The molecule has 4 rings (SSSR count). The monoisotopic (exact) mass is 340 g/mol. The molecule has 1 aromatic heterocycles. The first kappa shape index (κ1) is 15.3. The fraction of sp³-hybridized carbons (Fsp3) is 0.500. The number of aliphatic hydroxyl groups is 1. The van der Waals surface area contributed by atoms with Crippen molar-refractivity contribution in [2.45, 2.75) is 38.4 Å². The molecule has 2 aliphatic heterocycles. The topological polar surface area (TPSA) is 103 Å². The summed E-state index contributed by atoms with van der Waals surface area (Å²) in [6.45, 7) is 3.90. The molecular formula is C14H17N2O6P. The zero-order valence-corrected chi connectivity index (χ0v) is 13.5. The van der Waals surface area contributed by atoms with Gasteiger partial charge in [-0.05, 0) is 37.1 Å². The van der Waals surface area contributed by atoms with Gasteiger partial charge in [0, 0.05) is 0 Å². The first-order chi connectivity index (χ1) is 10.9. The van der Waals surface area contributed by atoms with Gasteiger partial charge in [0.05, 0.1) is 24.0 Å². The Bertz CT molecular complexity index is 821. The van der Waals surface area contributed by atoms with Crippen LogP contribution in [0.1, 0.15) is 17.4 Å². The second kappa shape index (κ2) is 5.11. The van der Waals surface area contributed by atoms with Crippen LogP contribution in [0.4, 0.5) is 0 Å². The second-order valence-corrected chi connectivity index (χ2v) is 7.37. The minimum absolute atomic E-state index is 0.100. The summed E-state index contributed by atoms with van der Waals surface area (Å²) in [5, 5.41) is 10.5. The van der Waals surface area contributed by atoms with Gasteiger partial charge in [0.1, 0.15) is 18.3 Å². The number of fused-ring (bicyclic) bond motifs is 2. The Morgan fingerprint density at radius 3 is 2.87 bits per heavy atom. The highest BCUT2D eigenvalue weighted by Crippen LogP contribution is 2.52. The van der Waals surface area contributed by atoms with Gasteiger partial charge in [0.25, 0.3) is 0 Å². The van der Waals surface area contributed by atoms with Gasteiger partial charge < -0.3 is 19.3 Å². The van der Waals surface area contributed by atoms with Gasteiger partial charge >= 0.3 is 7.82 Å². The molecule has 0 radical (unpaired) electrons. The molecule has 3 heterocycles. The van der Waals surface area contributed by atoms with Crippen molar-refractivity contribution in [3.05, 3.63) is 29.6 Å². The number of nitrogens with zero attached hydrogens (tertiary/aromatic N) is 2. The predicted molar refractivity (Wildman–Crippen MR) is 79.8 cm³/mol. The predicted octanol–water partition coefficient (Wildman–Crippen LogP) is 1.43. The molecule has 0 bridgehead atoms. The van der Waals surface area contributed by atoms with E-state index >= 15 is 0 Å². The summed E-state index contributed by atoms with van der Waals surface area (Å²) < 4.78 is 28.8. The first-order valence-electron chi connectivity index (χ1n) is 7.29. The van der Waals surface area contributed by atoms with Gasteiger partial charge in [0.15, 0.2) is 6.23 Å². The lowest BCUT2D eigenvalue weighted by Gasteiger charge is -2.27. The normalized spacial score (nSPS) is 37.2. The van der Waals surface area contributed by atoms with Crippen LogP contribution in [-0.2, 0) is 18.3 Å². The molecule has 0 amide bonds. The van der Waals surface area contributed by atoms with Crippen LogP contribution in [0.5, 0.6) is 0 Å². The maximum Gasteiger partial charge on any atom is 0.472 e. The smallest absolute Gasteiger partial charge is 0.386 e. The Balaban J connectivity index is 1.72. The summed E-state index contributed by atoms with van der Waals surface area (Å²) >= 11 is 0. The van der Waals surface area contributed by atoms with Crippen LogP contribution < -0.4 is 0 Å². The van der Waals surface area contributed by atoms with E-state index in [0.717, 1.165) is 22.2 Å². The average Bonchev–Trinajstić information content (AvgIpc) is 3.01. The van der Waals surface area contributed by atoms with Gasteiger partial charge in [-0.3, -0.25) is 9.05 Å². The summed E-state index contributed by atoms with van der Waals surface area (Å²) in [5.41, 5.74) is 3.85. The molecule has 1 aromatic carbocycles. The molecule has 23 heavy (non-hydrogen) atoms. The Labute approximate surface area is 132 Å². The van der Waals surface area contributed by atoms with Crippen LogP contribution in [0.15, 0.2) is 18.5 Å². The van der Waals surface area contributed by atoms with Crippen LogP contribution in [0.25, 0.3) is 11.0 Å². The first-order valence-corrected chi connectivity index (χ1v) is 8.78. The number of benzene rings is 1. The molecule has 2 N–H and O–H groups in total. The van der Waals surface area contributed by atoms with Crippen molar-refractivity contribution in [1.29, 1.82) is 0 Å². The molecule has 9 heteroatoms. The van der Waals surface area contributed by atoms with Crippen molar-refractivity contribution in [3.63, 3.8) is 0 Å². The highest BCUT2D eigenvalue weighted by Gasteiger charge is 2.52. The van der Waals surface area contributed by atoms with E-state index in [4.69, 9.17) is 13.8 Å². The Hall–Kier alpha value is -1.28. The van der Waals surface area contributed by atoms with E-state index in [2.05, 4.69) is 4.98 Å². The van der Waals surface area contributed by atoms with E-state index in [9.17, 15) is 14.6 Å². The van der Waals surface area contributed by atoms with Crippen molar-refractivity contribution >= 4 is 18.9 Å². The number of ether oxygens (including phenoxy) is 1. The Morgan fingerprint density at radius 2 is 2.09 bits per heavy atom. The quantitative estimate of drug-likeness (QED) is 0.757. The lowest BCUT2D eigenvalue weighted by molar-refractivity contribution is -0.0663. The van der Waals surface area contributed by atoms with Crippen LogP contribution >= 0.6 is 7.82 Å². The van der Waals surface area contributed by atoms with Gasteiger partial charge in [-0.2, -0.15) is 0 Å². The molecule has 1 unspecified atom stereocenters. The highest BCUT2D eigenvalue weighted by atomic mass is 31.2. The maximum atomic E-state index is 11.5. The lowest BCUT2D eigenvalue weighted by atomic mass is 10.1. The third-order valence-corrected chi connectivity index (χ3v) is 5.42. The van der Waals surface area contributed by atoms with E-state index in [1.807, 2.05) is 26.0 Å². The van der Waals surface area contributed by atoms with Crippen LogP contribution in [0.3, 0.4) is 0 Å². The van der Waals surface area contributed by atoms with Crippen molar-refractivity contribution in [1.82, 2.24) is 9.55 Å². The minimum Gasteiger partial charge on any atom is -0.386 e. The van der Waals surface area contributed by atoms with Crippen molar-refractivity contribution in [2.24, 2.45) is 0 Å². The van der Waals surface area contributed by atoms with Gasteiger partial charge in [-0.15, -0.1) is 0 Å². The third kappa shape index (κ3) is 2.42. The molecule has 2 fully saturated rings. The SMILES string of the molecule is Cc1cc2ncn([C@@H]3O[C@@H]4COP(=O)(O)O[C@H]4[C@H]3O)c2cc1C. The number of rotatable bonds is 1. The van der Waals surface area contributed by atoms with E-state index < -0.39 is 32.4 Å². The third-order valence-electron chi connectivity index (χ3n) is 4.43. The van der Waals surface area contributed by atoms with E-state index in [-0.39, 0.29) is 6.61 Å². The lowest BCUT2D eigenvalue weighted by Crippen LogP contribution is -2.39. The summed E-state index contributed by atoms with van der Waals surface area (Å²) in [6, 6.07) is 3.95. The molecule has 2 aromatic rings. The number of phosphoric ester groups is 1. The van der Waals surface area contributed by atoms with E-state index in [1.54, 1.807) is 10.9 Å². The zero-order chi connectivity index (χ0) is 16.4. The maximum absolute atomic E-state index is 11.5. The molecule has 0 spiro atoms. The fourth-order valence-corrected chi connectivity index (χ4v) is 4.02. The number of phosphoric acid groups is 1. The van der Waals surface area contributed by atoms with E-state index in [0.29, 0.717) is 0 Å². The number of aliphatic hydroxyl groups excluding tert-OH is 1. The van der Waals surface area contributed by atoms with Crippen LogP contribution in [0.2, 0.25) is 0 Å². The van der Waals surface area contributed by atoms with Gasteiger partial charge in [0.2, 0.25) is 0 Å². The number of aromatic nitrogens is 2. The molecule has 0 saturated carbocycles. The summed E-state index contributed by atoms with van der Waals surface area (Å²) in [6.07, 6.45) is -1.77. The van der Waals surface area contributed by atoms with Crippen molar-refractivity contribution in [2.75, 3.05) is 6.61 Å². The minimum atomic E-state index is -4.12. The molecule has 8 nitrogen and oxygen atoms in total. The number of hydrogen-bond acceptors (Lipinski definition) is 6. The molecule has 5 atom stereocenters. The zero-order valence-electron chi connectivity index (χ0n) is 12.6. The van der Waals surface area contributed by atoms with E-state index in [1.165, 1.54) is 0 Å². The van der Waals surface area contributed by atoms with Crippen LogP contribution in [0, 0.1) is 13.8 Å². The number of aryl methyl sites for hydroxylation is 2. The summed E-state index contributed by atoms with van der Waals surface area (Å²) in [5.74, 6) is 0. The Morgan fingerprint density at radius 1 is 1.35 bits per heavy atom.